The Bertz CT molecular complexity index is 472. The van der Waals surface area contributed by atoms with E-state index in [4.69, 9.17) is 17.3 Å². The van der Waals surface area contributed by atoms with Crippen LogP contribution in [0.3, 0.4) is 0 Å². The fourth-order valence-corrected chi connectivity index (χ4v) is 2.08. The van der Waals surface area contributed by atoms with Gasteiger partial charge in [-0.05, 0) is 37.0 Å². The fraction of sp³-hybridized carbons (Fsp3) is 0.385. The van der Waals surface area contributed by atoms with Gasteiger partial charge in [0.1, 0.15) is 6.04 Å². The zero-order valence-corrected chi connectivity index (χ0v) is 10.8. The first kappa shape index (κ1) is 12.9. The fourth-order valence-electron chi connectivity index (χ4n) is 1.95. The lowest BCUT2D eigenvalue weighted by Crippen LogP contribution is -2.43. The van der Waals surface area contributed by atoms with Crippen molar-refractivity contribution in [3.05, 3.63) is 34.9 Å². The molecule has 1 fully saturated rings. The van der Waals surface area contributed by atoms with Gasteiger partial charge >= 0.3 is 0 Å². The topological polar surface area (TPSA) is 72.2 Å². The molecule has 4 nitrogen and oxygen atoms in total. The number of halogens is 1. The zero-order chi connectivity index (χ0) is 13.3. The molecule has 0 heterocycles. The van der Waals surface area contributed by atoms with Crippen LogP contribution in [0.5, 0.6) is 0 Å². The van der Waals surface area contributed by atoms with Gasteiger partial charge < -0.3 is 11.1 Å². The normalized spacial score (nSPS) is 23.2. The maximum absolute atomic E-state index is 11.8. The number of rotatable bonds is 4. The first-order valence-electron chi connectivity index (χ1n) is 5.84. The second-order valence-electron chi connectivity index (χ2n) is 4.63. The van der Waals surface area contributed by atoms with E-state index in [2.05, 4.69) is 5.32 Å². The average Bonchev–Trinajstić information content (AvgIpc) is 3.09. The Kier molecular flexibility index (Phi) is 3.57. The van der Waals surface area contributed by atoms with E-state index in [0.717, 1.165) is 12.0 Å². The molecule has 0 radical (unpaired) electrons. The highest BCUT2D eigenvalue weighted by atomic mass is 35.5. The molecule has 3 atom stereocenters. The van der Waals surface area contributed by atoms with Crippen LogP contribution in [0, 0.1) is 5.92 Å². The summed E-state index contributed by atoms with van der Waals surface area (Å²) in [5.41, 5.74) is 6.20. The molecular weight excluding hydrogens is 252 g/mol. The van der Waals surface area contributed by atoms with Crippen LogP contribution in [-0.2, 0) is 9.59 Å². The van der Waals surface area contributed by atoms with Crippen LogP contribution >= 0.6 is 11.6 Å². The third-order valence-electron chi connectivity index (χ3n) is 3.21. The molecule has 1 saturated carbocycles. The van der Waals surface area contributed by atoms with Gasteiger partial charge in [-0.3, -0.25) is 9.59 Å². The lowest BCUT2D eigenvalue weighted by atomic mass is 10.1. The Morgan fingerprint density at radius 2 is 2.00 bits per heavy atom. The SMILES string of the molecule is CC(NC(=O)C1CC1c1ccc(Cl)cc1)C(N)=O. The van der Waals surface area contributed by atoms with E-state index in [1.54, 1.807) is 6.92 Å². The van der Waals surface area contributed by atoms with E-state index in [1.807, 2.05) is 24.3 Å². The van der Waals surface area contributed by atoms with Gasteiger partial charge in [-0.2, -0.15) is 0 Å². The predicted molar refractivity (Wildman–Crippen MR) is 69.1 cm³/mol. The quantitative estimate of drug-likeness (QED) is 0.865. The number of benzene rings is 1. The number of carbonyl (C=O) groups is 2. The predicted octanol–water partition coefficient (Wildman–Crippen LogP) is 1.43. The molecule has 5 heteroatoms. The van der Waals surface area contributed by atoms with Crippen LogP contribution in [0.2, 0.25) is 5.02 Å². The molecule has 0 spiro atoms. The minimum atomic E-state index is -0.621. The number of primary amides is 1. The maximum atomic E-state index is 11.8. The number of amides is 2. The van der Waals surface area contributed by atoms with Crippen molar-refractivity contribution in [1.82, 2.24) is 5.32 Å². The van der Waals surface area contributed by atoms with Gasteiger partial charge in [-0.1, -0.05) is 23.7 Å². The van der Waals surface area contributed by atoms with E-state index >= 15 is 0 Å². The Morgan fingerprint density at radius 1 is 1.39 bits per heavy atom. The van der Waals surface area contributed by atoms with E-state index < -0.39 is 11.9 Å². The van der Waals surface area contributed by atoms with Crippen molar-refractivity contribution >= 4 is 23.4 Å². The number of nitrogens with two attached hydrogens (primary N) is 1. The molecule has 1 aromatic carbocycles. The molecule has 3 N–H and O–H groups in total. The van der Waals surface area contributed by atoms with E-state index in [1.165, 1.54) is 0 Å². The monoisotopic (exact) mass is 266 g/mol. The summed E-state index contributed by atoms with van der Waals surface area (Å²) in [6.45, 7) is 1.58. The van der Waals surface area contributed by atoms with Crippen LogP contribution in [0.1, 0.15) is 24.8 Å². The smallest absolute Gasteiger partial charge is 0.239 e. The number of nitrogens with one attached hydrogen (secondary N) is 1. The molecule has 96 valence electrons. The molecule has 1 aliphatic rings. The number of carbonyl (C=O) groups excluding carboxylic acids is 2. The summed E-state index contributed by atoms with van der Waals surface area (Å²) in [7, 11) is 0. The highest BCUT2D eigenvalue weighted by Gasteiger charge is 2.44. The van der Waals surface area contributed by atoms with E-state index in [9.17, 15) is 9.59 Å². The Labute approximate surface area is 110 Å². The van der Waals surface area contributed by atoms with Crippen LogP contribution < -0.4 is 11.1 Å². The van der Waals surface area contributed by atoms with Crippen LogP contribution in [-0.4, -0.2) is 17.9 Å². The van der Waals surface area contributed by atoms with Crippen molar-refractivity contribution in [3.8, 4) is 0 Å². The second kappa shape index (κ2) is 4.98. The molecule has 2 amide bonds. The summed E-state index contributed by atoms with van der Waals surface area (Å²) < 4.78 is 0. The summed E-state index contributed by atoms with van der Waals surface area (Å²) in [4.78, 5) is 22.7. The molecule has 0 aromatic heterocycles. The van der Waals surface area contributed by atoms with Crippen LogP contribution in [0.4, 0.5) is 0 Å². The standard InChI is InChI=1S/C13H15ClN2O2/c1-7(12(15)17)16-13(18)11-6-10(11)8-2-4-9(14)5-3-8/h2-5,7,10-11H,6H2,1H3,(H2,15,17)(H,16,18). The van der Waals surface area contributed by atoms with Crippen LogP contribution in [0.15, 0.2) is 24.3 Å². The van der Waals surface area contributed by atoms with Crippen molar-refractivity contribution in [2.45, 2.75) is 25.3 Å². The Balaban J connectivity index is 1.93. The van der Waals surface area contributed by atoms with Gasteiger partial charge in [0.05, 0.1) is 0 Å². The molecular formula is C13H15ClN2O2. The average molecular weight is 267 g/mol. The lowest BCUT2D eigenvalue weighted by Gasteiger charge is -2.09. The number of hydrogen-bond donors (Lipinski definition) is 2. The highest BCUT2D eigenvalue weighted by molar-refractivity contribution is 6.30. The number of hydrogen-bond acceptors (Lipinski definition) is 2. The third-order valence-corrected chi connectivity index (χ3v) is 3.46. The minimum absolute atomic E-state index is 0.0621. The van der Waals surface area contributed by atoms with Gasteiger partial charge in [-0.25, -0.2) is 0 Å². The summed E-state index contributed by atoms with van der Waals surface area (Å²) in [6, 6.07) is 6.87. The summed E-state index contributed by atoms with van der Waals surface area (Å²) in [5, 5.41) is 3.30. The molecule has 0 bridgehead atoms. The van der Waals surface area contributed by atoms with Gasteiger partial charge in [0, 0.05) is 10.9 Å². The van der Waals surface area contributed by atoms with Crippen LogP contribution in [0.25, 0.3) is 0 Å². The van der Waals surface area contributed by atoms with Crippen molar-refractivity contribution in [2.24, 2.45) is 11.7 Å². The summed E-state index contributed by atoms with van der Waals surface area (Å²) in [6.07, 6.45) is 0.805. The van der Waals surface area contributed by atoms with Gasteiger partial charge in [0.2, 0.25) is 11.8 Å². The van der Waals surface area contributed by atoms with Gasteiger partial charge in [-0.15, -0.1) is 0 Å². The third kappa shape index (κ3) is 2.82. The minimum Gasteiger partial charge on any atom is -0.368 e. The first-order valence-corrected chi connectivity index (χ1v) is 6.22. The first-order chi connectivity index (χ1) is 8.49. The van der Waals surface area contributed by atoms with Crippen molar-refractivity contribution < 1.29 is 9.59 Å². The molecule has 1 aliphatic carbocycles. The molecule has 2 rings (SSSR count). The highest BCUT2D eigenvalue weighted by Crippen LogP contribution is 2.47. The van der Waals surface area contributed by atoms with Crippen molar-refractivity contribution in [1.29, 1.82) is 0 Å². The maximum Gasteiger partial charge on any atom is 0.239 e. The van der Waals surface area contributed by atoms with Crippen molar-refractivity contribution in [3.63, 3.8) is 0 Å². The Morgan fingerprint density at radius 3 is 2.56 bits per heavy atom. The molecule has 0 saturated heterocycles. The molecule has 0 aliphatic heterocycles. The Hall–Kier alpha value is -1.55. The van der Waals surface area contributed by atoms with E-state index in [0.29, 0.717) is 5.02 Å². The summed E-state index contributed by atoms with van der Waals surface area (Å²) in [5.74, 6) is -0.469. The second-order valence-corrected chi connectivity index (χ2v) is 5.07. The largest absolute Gasteiger partial charge is 0.368 e. The van der Waals surface area contributed by atoms with E-state index in [-0.39, 0.29) is 17.7 Å². The molecule has 3 unspecified atom stereocenters. The molecule has 1 aromatic rings. The van der Waals surface area contributed by atoms with Crippen molar-refractivity contribution in [2.75, 3.05) is 0 Å². The lowest BCUT2D eigenvalue weighted by molar-refractivity contribution is -0.127. The van der Waals surface area contributed by atoms with Gasteiger partial charge in [0.25, 0.3) is 0 Å². The van der Waals surface area contributed by atoms with Gasteiger partial charge in [0.15, 0.2) is 0 Å². The zero-order valence-electron chi connectivity index (χ0n) is 10.0. The summed E-state index contributed by atoms with van der Waals surface area (Å²) >= 11 is 5.81. The molecule has 18 heavy (non-hydrogen) atoms.